The fourth-order valence-corrected chi connectivity index (χ4v) is 3.13. The van der Waals surface area contributed by atoms with Crippen LogP contribution in [0.3, 0.4) is 0 Å². The molecule has 4 nitrogen and oxygen atoms in total. The molecule has 0 bridgehead atoms. The summed E-state index contributed by atoms with van der Waals surface area (Å²) in [5.74, 6) is 0. The van der Waals surface area contributed by atoms with Crippen molar-refractivity contribution in [1.29, 1.82) is 0 Å². The topological polar surface area (TPSA) is 59.1 Å². The molecule has 5 heteroatoms. The number of nitrogens with one attached hydrogen (secondary N) is 1. The molecule has 0 amide bonds. The lowest BCUT2D eigenvalue weighted by Gasteiger charge is -2.18. The molecular weight excluding hydrogens is 296 g/mol. The van der Waals surface area contributed by atoms with Crippen LogP contribution in [0.25, 0.3) is 0 Å². The Morgan fingerprint density at radius 3 is 2.27 bits per heavy atom. The Balaban J connectivity index is 2.35. The van der Waals surface area contributed by atoms with Crippen molar-refractivity contribution in [2.75, 3.05) is 4.72 Å². The lowest BCUT2D eigenvalue weighted by atomic mass is 9.91. The first-order valence-electron chi connectivity index (χ1n) is 7.16. The maximum absolute atomic E-state index is 12.5. The van der Waals surface area contributed by atoms with Gasteiger partial charge in [0.05, 0.1) is 10.6 Å². The van der Waals surface area contributed by atoms with Crippen molar-refractivity contribution in [3.05, 3.63) is 53.3 Å². The molecule has 0 saturated heterocycles. The molecule has 2 rings (SSSR count). The third-order valence-corrected chi connectivity index (χ3v) is 4.95. The number of anilines is 1. The van der Waals surface area contributed by atoms with Gasteiger partial charge < -0.3 is 0 Å². The first-order chi connectivity index (χ1) is 10.1. The predicted molar refractivity (Wildman–Crippen MR) is 89.7 cm³/mol. The number of benzene rings is 1. The Bertz CT molecular complexity index is 791. The molecule has 0 aliphatic rings. The van der Waals surface area contributed by atoms with E-state index in [-0.39, 0.29) is 10.3 Å². The van der Waals surface area contributed by atoms with E-state index < -0.39 is 10.0 Å². The number of nitrogens with zero attached hydrogens (tertiary/aromatic N) is 1. The molecule has 1 aromatic carbocycles. The summed E-state index contributed by atoms with van der Waals surface area (Å²) in [5, 5.41) is 0. The lowest BCUT2D eigenvalue weighted by molar-refractivity contribution is 0.569. The van der Waals surface area contributed by atoms with Gasteiger partial charge in [-0.05, 0) is 49.2 Å². The Kier molecular flexibility index (Phi) is 4.29. The van der Waals surface area contributed by atoms with Crippen molar-refractivity contribution in [3.63, 3.8) is 0 Å². The Hall–Kier alpha value is -1.88. The molecule has 118 valence electrons. The minimum atomic E-state index is -3.59. The summed E-state index contributed by atoms with van der Waals surface area (Å²) in [5.41, 5.74) is 3.25. The molecule has 0 radical (unpaired) electrons. The van der Waals surface area contributed by atoms with Gasteiger partial charge in [-0.3, -0.25) is 9.71 Å². The van der Waals surface area contributed by atoms with Crippen LogP contribution in [0.4, 0.5) is 5.69 Å². The quantitative estimate of drug-likeness (QED) is 0.936. The largest absolute Gasteiger partial charge is 0.280 e. The second-order valence-electron chi connectivity index (χ2n) is 6.53. The Morgan fingerprint density at radius 1 is 1.00 bits per heavy atom. The second kappa shape index (κ2) is 5.72. The highest BCUT2D eigenvalue weighted by Gasteiger charge is 2.18. The van der Waals surface area contributed by atoms with Crippen LogP contribution in [0.15, 0.2) is 41.4 Å². The molecule has 22 heavy (non-hydrogen) atoms. The summed E-state index contributed by atoms with van der Waals surface area (Å²) >= 11 is 0. The zero-order valence-electron chi connectivity index (χ0n) is 13.6. The molecule has 0 saturated carbocycles. The molecule has 0 aliphatic heterocycles. The third kappa shape index (κ3) is 3.65. The number of hydrogen-bond donors (Lipinski definition) is 1. The van der Waals surface area contributed by atoms with Crippen molar-refractivity contribution in [2.45, 2.75) is 44.9 Å². The van der Waals surface area contributed by atoms with Gasteiger partial charge in [-0.25, -0.2) is 8.42 Å². The minimum Gasteiger partial charge on any atom is -0.280 e. The fourth-order valence-electron chi connectivity index (χ4n) is 2.00. The van der Waals surface area contributed by atoms with E-state index in [0.29, 0.717) is 5.69 Å². The van der Waals surface area contributed by atoms with E-state index in [2.05, 4.69) is 9.71 Å². The van der Waals surface area contributed by atoms with Crippen LogP contribution in [0.1, 0.15) is 37.6 Å². The molecule has 0 spiro atoms. The average molecular weight is 318 g/mol. The molecule has 1 aromatic heterocycles. The average Bonchev–Trinajstić information content (AvgIpc) is 2.40. The summed E-state index contributed by atoms with van der Waals surface area (Å²) in [6, 6.07) is 8.56. The van der Waals surface area contributed by atoms with Crippen LogP contribution in [-0.4, -0.2) is 13.4 Å². The molecule has 0 fully saturated rings. The molecular formula is C17H22N2O2S. The van der Waals surface area contributed by atoms with E-state index >= 15 is 0 Å². The van der Waals surface area contributed by atoms with Crippen molar-refractivity contribution in [1.82, 2.24) is 4.98 Å². The summed E-state index contributed by atoms with van der Waals surface area (Å²) in [7, 11) is -3.59. The number of pyridine rings is 1. The van der Waals surface area contributed by atoms with Gasteiger partial charge >= 0.3 is 0 Å². The van der Waals surface area contributed by atoms with E-state index in [4.69, 9.17) is 0 Å². The number of rotatable bonds is 3. The van der Waals surface area contributed by atoms with Gasteiger partial charge in [0.15, 0.2) is 0 Å². The molecule has 0 aliphatic carbocycles. The first kappa shape index (κ1) is 16.5. The van der Waals surface area contributed by atoms with E-state index in [1.54, 1.807) is 30.5 Å². The second-order valence-corrected chi connectivity index (χ2v) is 8.21. The highest BCUT2D eigenvalue weighted by Crippen LogP contribution is 2.24. The van der Waals surface area contributed by atoms with Gasteiger partial charge in [-0.2, -0.15) is 0 Å². The van der Waals surface area contributed by atoms with Gasteiger partial charge in [0, 0.05) is 17.3 Å². The molecule has 2 aromatic rings. The fraction of sp³-hybridized carbons (Fsp3) is 0.353. The zero-order chi connectivity index (χ0) is 16.5. The maximum atomic E-state index is 12.5. The SMILES string of the molecule is Cc1ccc(S(=O)(=O)Nc2ccnc(C(C)(C)C)c2)cc1C. The van der Waals surface area contributed by atoms with Crippen LogP contribution in [0.5, 0.6) is 0 Å². The van der Waals surface area contributed by atoms with Crippen molar-refractivity contribution < 1.29 is 8.42 Å². The highest BCUT2D eigenvalue weighted by atomic mass is 32.2. The molecule has 1 heterocycles. The van der Waals surface area contributed by atoms with Gasteiger partial charge in [-0.1, -0.05) is 26.8 Å². The van der Waals surface area contributed by atoms with Crippen molar-refractivity contribution >= 4 is 15.7 Å². The smallest absolute Gasteiger partial charge is 0.261 e. The normalized spacial score (nSPS) is 12.2. The molecule has 0 unspecified atom stereocenters. The minimum absolute atomic E-state index is 0.137. The van der Waals surface area contributed by atoms with E-state index in [0.717, 1.165) is 16.8 Å². The van der Waals surface area contributed by atoms with Crippen LogP contribution in [0, 0.1) is 13.8 Å². The van der Waals surface area contributed by atoms with Crippen LogP contribution < -0.4 is 4.72 Å². The highest BCUT2D eigenvalue weighted by molar-refractivity contribution is 7.92. The van der Waals surface area contributed by atoms with Crippen molar-refractivity contribution in [2.24, 2.45) is 0 Å². The summed E-state index contributed by atoms with van der Waals surface area (Å²) in [4.78, 5) is 4.57. The zero-order valence-corrected chi connectivity index (χ0v) is 14.5. The van der Waals surface area contributed by atoms with Crippen LogP contribution in [-0.2, 0) is 15.4 Å². The van der Waals surface area contributed by atoms with E-state index in [1.807, 2.05) is 40.7 Å². The maximum Gasteiger partial charge on any atom is 0.261 e. The molecule has 0 atom stereocenters. The standard InChI is InChI=1S/C17H22N2O2S/c1-12-6-7-15(10-13(12)2)22(20,21)19-14-8-9-18-16(11-14)17(3,4)5/h6-11H,1-5H3,(H,18,19). The summed E-state index contributed by atoms with van der Waals surface area (Å²) in [6.45, 7) is 9.97. The monoisotopic (exact) mass is 318 g/mol. The van der Waals surface area contributed by atoms with Crippen molar-refractivity contribution in [3.8, 4) is 0 Å². The van der Waals surface area contributed by atoms with Gasteiger partial charge in [0.25, 0.3) is 10.0 Å². The van der Waals surface area contributed by atoms with Gasteiger partial charge in [0.2, 0.25) is 0 Å². The first-order valence-corrected chi connectivity index (χ1v) is 8.64. The van der Waals surface area contributed by atoms with E-state index in [9.17, 15) is 8.42 Å². The number of hydrogen-bond acceptors (Lipinski definition) is 3. The number of aromatic nitrogens is 1. The van der Waals surface area contributed by atoms with E-state index in [1.165, 1.54) is 0 Å². The van der Waals surface area contributed by atoms with Crippen LogP contribution >= 0.6 is 0 Å². The Morgan fingerprint density at radius 2 is 1.68 bits per heavy atom. The van der Waals surface area contributed by atoms with Gasteiger partial charge in [-0.15, -0.1) is 0 Å². The summed E-state index contributed by atoms with van der Waals surface area (Å²) in [6.07, 6.45) is 1.62. The number of sulfonamides is 1. The molecule has 1 N–H and O–H groups in total. The summed E-state index contributed by atoms with van der Waals surface area (Å²) < 4.78 is 27.6. The van der Waals surface area contributed by atoms with Crippen LogP contribution in [0.2, 0.25) is 0 Å². The third-order valence-electron chi connectivity index (χ3n) is 3.57. The lowest BCUT2D eigenvalue weighted by Crippen LogP contribution is -2.16. The predicted octanol–water partition coefficient (Wildman–Crippen LogP) is 3.80. The number of aryl methyl sites for hydroxylation is 2. The Labute approximate surface area is 132 Å². The van der Waals surface area contributed by atoms with Gasteiger partial charge in [0.1, 0.15) is 0 Å².